The molecule has 0 fully saturated rings. The molecule has 0 unspecified atom stereocenters. The van der Waals surface area contributed by atoms with Gasteiger partial charge in [0.15, 0.2) is 5.75 Å². The number of anilines is 1. The lowest BCUT2D eigenvalue weighted by molar-refractivity contribution is 0.181. The summed E-state index contributed by atoms with van der Waals surface area (Å²) in [6, 6.07) is 1.31. The van der Waals surface area contributed by atoms with Crippen LogP contribution in [0.5, 0.6) is 5.75 Å². The van der Waals surface area contributed by atoms with E-state index in [4.69, 9.17) is 14.9 Å². The molecule has 92 valence electrons. The molecule has 3 N–H and O–H groups in total. The van der Waals surface area contributed by atoms with E-state index in [1.54, 1.807) is 5.43 Å². The molecule has 1 heterocycles. The second-order valence-corrected chi connectivity index (χ2v) is 3.53. The molecule has 1 rings (SSSR count). The zero-order chi connectivity index (χ0) is 13.0. The average molecular weight is 306 g/mol. The van der Waals surface area contributed by atoms with E-state index in [1.807, 2.05) is 0 Å². The van der Waals surface area contributed by atoms with Crippen molar-refractivity contribution in [2.45, 2.75) is 0 Å². The van der Waals surface area contributed by atoms with E-state index in [0.717, 1.165) is 0 Å². The topological polar surface area (TPSA) is 112 Å². The molecule has 0 aromatic carbocycles. The van der Waals surface area contributed by atoms with E-state index >= 15 is 0 Å². The minimum absolute atomic E-state index is 0.00396. The molecule has 2 amide bonds. The lowest BCUT2D eigenvalue weighted by atomic mass is 10.3. The summed E-state index contributed by atoms with van der Waals surface area (Å²) < 4.78 is 5.23. The lowest BCUT2D eigenvalue weighted by Gasteiger charge is -2.20. The zero-order valence-electron chi connectivity index (χ0n) is 8.55. The summed E-state index contributed by atoms with van der Waals surface area (Å²) in [6.07, 6.45) is -1.75. The number of carboxylic acid groups (broad SMARTS) is 2. The highest BCUT2D eigenvalue weighted by molar-refractivity contribution is 9.10. The first kappa shape index (κ1) is 13.0. The lowest BCUT2D eigenvalue weighted by Crippen LogP contribution is -2.45. The van der Waals surface area contributed by atoms with E-state index in [0.29, 0.717) is 9.61 Å². The van der Waals surface area contributed by atoms with Gasteiger partial charge in [0.2, 0.25) is 0 Å². The van der Waals surface area contributed by atoms with Crippen molar-refractivity contribution in [2.75, 3.05) is 12.1 Å². The number of carbonyl (C=O) groups is 2. The van der Waals surface area contributed by atoms with Gasteiger partial charge in [0, 0.05) is 6.07 Å². The Labute approximate surface area is 104 Å². The third-order valence-electron chi connectivity index (χ3n) is 1.67. The summed E-state index contributed by atoms with van der Waals surface area (Å²) >= 11 is 3.05. The van der Waals surface area contributed by atoms with Gasteiger partial charge in [-0.3, -0.25) is 0 Å². The molecule has 0 aliphatic rings. The van der Waals surface area contributed by atoms with Gasteiger partial charge in [-0.05, 0) is 15.9 Å². The molecule has 0 bridgehead atoms. The molecule has 1 aromatic heterocycles. The second-order valence-electron chi connectivity index (χ2n) is 2.71. The van der Waals surface area contributed by atoms with E-state index in [2.05, 4.69) is 20.9 Å². The van der Waals surface area contributed by atoms with Crippen molar-refractivity contribution < 1.29 is 24.5 Å². The molecule has 0 aliphatic carbocycles. The molecule has 0 saturated heterocycles. The van der Waals surface area contributed by atoms with Crippen molar-refractivity contribution in [3.63, 3.8) is 0 Å². The molecule has 0 aliphatic heterocycles. The Morgan fingerprint density at radius 1 is 1.53 bits per heavy atom. The zero-order valence-corrected chi connectivity index (χ0v) is 10.1. The number of halogens is 1. The van der Waals surface area contributed by atoms with Gasteiger partial charge in [0.05, 0.1) is 13.3 Å². The maximum atomic E-state index is 10.9. The molecule has 17 heavy (non-hydrogen) atoms. The Morgan fingerprint density at radius 3 is 2.65 bits per heavy atom. The first-order valence-corrected chi connectivity index (χ1v) is 4.97. The standard InChI is InChI=1S/C8H8BrN3O5/c1-17-5-3-10-6(9)2-4(5)12(8(15)16)11-7(13)14/h2-3,11H,1H3,(H,13,14)(H,15,16). The van der Waals surface area contributed by atoms with Gasteiger partial charge in [-0.25, -0.2) is 20.0 Å². The maximum Gasteiger partial charge on any atom is 0.431 e. The predicted molar refractivity (Wildman–Crippen MR) is 60.2 cm³/mol. The third kappa shape index (κ3) is 3.21. The highest BCUT2D eigenvalue weighted by Crippen LogP contribution is 2.28. The van der Waals surface area contributed by atoms with E-state index < -0.39 is 12.2 Å². The highest BCUT2D eigenvalue weighted by atomic mass is 79.9. The number of ether oxygens (including phenoxy) is 1. The van der Waals surface area contributed by atoms with E-state index in [-0.39, 0.29) is 11.4 Å². The van der Waals surface area contributed by atoms with Gasteiger partial charge in [-0.1, -0.05) is 0 Å². The minimum atomic E-state index is -1.51. The van der Waals surface area contributed by atoms with Crippen molar-refractivity contribution in [2.24, 2.45) is 0 Å². The summed E-state index contributed by atoms with van der Waals surface area (Å²) in [4.78, 5) is 25.2. The fraction of sp³-hybridized carbons (Fsp3) is 0.125. The molecule has 0 spiro atoms. The Bertz CT molecular complexity index is 453. The molecule has 0 saturated carbocycles. The number of nitrogens with one attached hydrogen (secondary N) is 1. The Morgan fingerprint density at radius 2 is 2.18 bits per heavy atom. The van der Waals surface area contributed by atoms with Crippen LogP contribution in [0.2, 0.25) is 0 Å². The fourth-order valence-corrected chi connectivity index (χ4v) is 1.37. The number of nitrogens with zero attached hydrogens (tertiary/aromatic N) is 2. The van der Waals surface area contributed by atoms with Gasteiger partial charge in [-0.2, -0.15) is 5.01 Å². The largest absolute Gasteiger partial charge is 0.493 e. The number of hydrazine groups is 1. The summed E-state index contributed by atoms with van der Waals surface area (Å²) in [5.74, 6) is 0.115. The molecule has 8 nitrogen and oxygen atoms in total. The number of rotatable bonds is 2. The number of pyridine rings is 1. The molecular formula is C8H8BrN3O5. The van der Waals surface area contributed by atoms with Crippen LogP contribution < -0.4 is 15.2 Å². The minimum Gasteiger partial charge on any atom is -0.493 e. The SMILES string of the molecule is COc1cnc(Br)cc1N(NC(=O)O)C(=O)O. The second kappa shape index (κ2) is 5.34. The van der Waals surface area contributed by atoms with Crippen LogP contribution in [0.3, 0.4) is 0 Å². The first-order valence-electron chi connectivity index (χ1n) is 4.18. The third-order valence-corrected chi connectivity index (χ3v) is 2.11. The molecule has 0 radical (unpaired) electrons. The van der Waals surface area contributed by atoms with Crippen LogP contribution in [0.25, 0.3) is 0 Å². The van der Waals surface area contributed by atoms with Crippen LogP contribution in [0.4, 0.5) is 15.3 Å². The Hall–Kier alpha value is -2.03. The van der Waals surface area contributed by atoms with Crippen LogP contribution in [0.15, 0.2) is 16.9 Å². The molecule has 0 atom stereocenters. The summed E-state index contributed by atoms with van der Waals surface area (Å²) in [7, 11) is 1.31. The quantitative estimate of drug-likeness (QED) is 0.564. The number of amides is 2. The van der Waals surface area contributed by atoms with Gasteiger partial charge < -0.3 is 14.9 Å². The van der Waals surface area contributed by atoms with Crippen molar-refractivity contribution in [1.82, 2.24) is 10.4 Å². The van der Waals surface area contributed by atoms with Crippen LogP contribution in [-0.4, -0.2) is 34.5 Å². The van der Waals surface area contributed by atoms with E-state index in [9.17, 15) is 9.59 Å². The van der Waals surface area contributed by atoms with Crippen LogP contribution in [0.1, 0.15) is 0 Å². The van der Waals surface area contributed by atoms with Crippen molar-refractivity contribution in [3.8, 4) is 5.75 Å². The van der Waals surface area contributed by atoms with Crippen LogP contribution >= 0.6 is 15.9 Å². The number of hydrogen-bond donors (Lipinski definition) is 3. The summed E-state index contributed by atoms with van der Waals surface area (Å²) in [5, 5.41) is 17.8. The Balaban J connectivity index is 3.20. The van der Waals surface area contributed by atoms with E-state index in [1.165, 1.54) is 19.4 Å². The Kier molecular flexibility index (Phi) is 4.10. The van der Waals surface area contributed by atoms with Gasteiger partial charge in [-0.15, -0.1) is 0 Å². The van der Waals surface area contributed by atoms with Gasteiger partial charge >= 0.3 is 12.2 Å². The summed E-state index contributed by atoms with van der Waals surface area (Å²) in [6.45, 7) is 0. The van der Waals surface area contributed by atoms with Crippen molar-refractivity contribution >= 4 is 33.8 Å². The number of aromatic nitrogens is 1. The van der Waals surface area contributed by atoms with Crippen LogP contribution in [-0.2, 0) is 0 Å². The van der Waals surface area contributed by atoms with Gasteiger partial charge in [0.25, 0.3) is 0 Å². The van der Waals surface area contributed by atoms with Gasteiger partial charge in [0.1, 0.15) is 10.3 Å². The smallest absolute Gasteiger partial charge is 0.431 e. The van der Waals surface area contributed by atoms with Crippen LogP contribution in [0, 0.1) is 0 Å². The first-order chi connectivity index (χ1) is 7.95. The normalized spacial score (nSPS) is 9.53. The fourth-order valence-electron chi connectivity index (χ4n) is 1.05. The van der Waals surface area contributed by atoms with Crippen molar-refractivity contribution in [1.29, 1.82) is 0 Å². The predicted octanol–water partition coefficient (Wildman–Crippen LogP) is 1.52. The molecule has 9 heteroatoms. The number of methoxy groups -OCH3 is 1. The summed E-state index contributed by atoms with van der Waals surface area (Å²) in [5.41, 5.74) is 1.72. The average Bonchev–Trinajstić information content (AvgIpc) is 2.25. The molecule has 1 aromatic rings. The molecular weight excluding hydrogens is 298 g/mol. The highest BCUT2D eigenvalue weighted by Gasteiger charge is 2.21. The van der Waals surface area contributed by atoms with Crippen molar-refractivity contribution in [3.05, 3.63) is 16.9 Å². The number of hydrogen-bond acceptors (Lipinski definition) is 4. The maximum absolute atomic E-state index is 10.9. The monoisotopic (exact) mass is 305 g/mol.